The van der Waals surface area contributed by atoms with Crippen LogP contribution in [0.15, 0.2) is 12.1 Å². The average molecular weight is 283 g/mol. The van der Waals surface area contributed by atoms with Gasteiger partial charge in [-0.1, -0.05) is 18.5 Å². The van der Waals surface area contributed by atoms with E-state index >= 15 is 0 Å². The standard InChI is InChI=1S/C8H8ClIO/c1-2-5-3-6(10)4-7(9)8(5)11/h3-4,11H,2H2,1H3. The number of hydrogen-bond donors (Lipinski definition) is 1. The van der Waals surface area contributed by atoms with E-state index in [2.05, 4.69) is 22.6 Å². The van der Waals surface area contributed by atoms with Gasteiger partial charge in [0.1, 0.15) is 5.75 Å². The Bertz CT molecular complexity index is 273. The van der Waals surface area contributed by atoms with Gasteiger partial charge in [-0.25, -0.2) is 0 Å². The summed E-state index contributed by atoms with van der Waals surface area (Å²) >= 11 is 7.92. The van der Waals surface area contributed by atoms with Crippen LogP contribution in [0.1, 0.15) is 12.5 Å². The first-order chi connectivity index (χ1) is 5.15. The zero-order valence-electron chi connectivity index (χ0n) is 6.06. The van der Waals surface area contributed by atoms with Crippen LogP contribution in [0.3, 0.4) is 0 Å². The van der Waals surface area contributed by atoms with Gasteiger partial charge < -0.3 is 5.11 Å². The summed E-state index contributed by atoms with van der Waals surface area (Å²) in [5, 5.41) is 9.83. The van der Waals surface area contributed by atoms with Crippen molar-refractivity contribution in [1.82, 2.24) is 0 Å². The fourth-order valence-electron chi connectivity index (χ4n) is 0.889. The van der Waals surface area contributed by atoms with Crippen LogP contribution in [-0.4, -0.2) is 5.11 Å². The van der Waals surface area contributed by atoms with E-state index in [4.69, 9.17) is 11.6 Å². The molecular formula is C8H8ClIO. The van der Waals surface area contributed by atoms with Crippen LogP contribution in [0, 0.1) is 3.57 Å². The molecule has 0 saturated heterocycles. The Morgan fingerprint density at radius 3 is 2.73 bits per heavy atom. The van der Waals surface area contributed by atoms with E-state index in [-0.39, 0.29) is 5.75 Å². The van der Waals surface area contributed by atoms with Gasteiger partial charge in [0.2, 0.25) is 0 Å². The topological polar surface area (TPSA) is 20.2 Å². The summed E-state index contributed by atoms with van der Waals surface area (Å²) in [5.74, 6) is 0.217. The van der Waals surface area contributed by atoms with Crippen LogP contribution >= 0.6 is 34.2 Å². The summed E-state index contributed by atoms with van der Waals surface area (Å²) in [4.78, 5) is 0. The maximum atomic E-state index is 9.39. The van der Waals surface area contributed by atoms with Crippen molar-refractivity contribution in [2.45, 2.75) is 13.3 Å². The van der Waals surface area contributed by atoms with Crippen molar-refractivity contribution in [3.05, 3.63) is 26.3 Å². The summed E-state index contributed by atoms with van der Waals surface area (Å²) in [7, 11) is 0. The smallest absolute Gasteiger partial charge is 0.137 e. The number of halogens is 2. The van der Waals surface area contributed by atoms with E-state index < -0.39 is 0 Å². The highest BCUT2D eigenvalue weighted by molar-refractivity contribution is 14.1. The zero-order valence-corrected chi connectivity index (χ0v) is 8.98. The molecule has 0 spiro atoms. The molecule has 0 heterocycles. The maximum absolute atomic E-state index is 9.39. The van der Waals surface area contributed by atoms with Crippen LogP contribution in [0.4, 0.5) is 0 Å². The minimum Gasteiger partial charge on any atom is -0.506 e. The molecule has 60 valence electrons. The van der Waals surface area contributed by atoms with Gasteiger partial charge in [0.15, 0.2) is 0 Å². The quantitative estimate of drug-likeness (QED) is 0.784. The highest BCUT2D eigenvalue weighted by Gasteiger charge is 2.04. The number of aryl methyl sites for hydroxylation is 1. The number of benzene rings is 1. The summed E-state index contributed by atoms with van der Waals surface area (Å²) in [5.41, 5.74) is 0.905. The van der Waals surface area contributed by atoms with Crippen molar-refractivity contribution < 1.29 is 5.11 Å². The molecule has 1 N–H and O–H groups in total. The van der Waals surface area contributed by atoms with E-state index in [1.165, 1.54) is 0 Å². The molecule has 1 aromatic carbocycles. The molecule has 1 aromatic rings. The van der Waals surface area contributed by atoms with Gasteiger partial charge in [0, 0.05) is 3.57 Å². The third-order valence-corrected chi connectivity index (χ3v) is 2.40. The third-order valence-electron chi connectivity index (χ3n) is 1.49. The number of phenols is 1. The van der Waals surface area contributed by atoms with E-state index in [9.17, 15) is 5.11 Å². The first-order valence-electron chi connectivity index (χ1n) is 3.32. The molecule has 0 fully saturated rings. The lowest BCUT2D eigenvalue weighted by Gasteiger charge is -2.03. The van der Waals surface area contributed by atoms with Gasteiger partial charge in [-0.2, -0.15) is 0 Å². The van der Waals surface area contributed by atoms with Crippen LogP contribution in [0.2, 0.25) is 5.02 Å². The number of phenolic OH excluding ortho intramolecular Hbond substituents is 1. The van der Waals surface area contributed by atoms with E-state index in [1.54, 1.807) is 6.07 Å². The Balaban J connectivity index is 3.24. The predicted molar refractivity (Wildman–Crippen MR) is 55.2 cm³/mol. The monoisotopic (exact) mass is 282 g/mol. The Kier molecular flexibility index (Phi) is 3.01. The lowest BCUT2D eigenvalue weighted by Crippen LogP contribution is -1.83. The highest BCUT2D eigenvalue weighted by Crippen LogP contribution is 2.29. The van der Waals surface area contributed by atoms with Gasteiger partial charge >= 0.3 is 0 Å². The molecule has 3 heteroatoms. The third kappa shape index (κ3) is 1.99. The van der Waals surface area contributed by atoms with Gasteiger partial charge in [0.25, 0.3) is 0 Å². The molecule has 0 bridgehead atoms. The minimum atomic E-state index is 0.217. The van der Waals surface area contributed by atoms with E-state index in [0.717, 1.165) is 15.6 Å². The van der Waals surface area contributed by atoms with Crippen molar-refractivity contribution in [1.29, 1.82) is 0 Å². The molecule has 0 aromatic heterocycles. The Hall–Kier alpha value is 0.0400. The predicted octanol–water partition coefficient (Wildman–Crippen LogP) is 3.21. The molecular weight excluding hydrogens is 274 g/mol. The highest BCUT2D eigenvalue weighted by atomic mass is 127. The Morgan fingerprint density at radius 1 is 1.55 bits per heavy atom. The van der Waals surface area contributed by atoms with Gasteiger partial charge in [-0.05, 0) is 46.7 Å². The van der Waals surface area contributed by atoms with E-state index in [0.29, 0.717) is 5.02 Å². The number of aromatic hydroxyl groups is 1. The normalized spacial score (nSPS) is 10.1. The molecule has 0 atom stereocenters. The van der Waals surface area contributed by atoms with Crippen LogP contribution in [0.5, 0.6) is 5.75 Å². The van der Waals surface area contributed by atoms with Crippen LogP contribution in [0.25, 0.3) is 0 Å². The van der Waals surface area contributed by atoms with E-state index in [1.807, 2.05) is 13.0 Å². The van der Waals surface area contributed by atoms with Gasteiger partial charge in [-0.3, -0.25) is 0 Å². The summed E-state index contributed by atoms with van der Waals surface area (Å²) in [6.45, 7) is 1.99. The molecule has 11 heavy (non-hydrogen) atoms. The fraction of sp³-hybridized carbons (Fsp3) is 0.250. The lowest BCUT2D eigenvalue weighted by molar-refractivity contribution is 0.469. The molecule has 1 rings (SSSR count). The van der Waals surface area contributed by atoms with Crippen molar-refractivity contribution in [2.24, 2.45) is 0 Å². The largest absolute Gasteiger partial charge is 0.506 e. The van der Waals surface area contributed by atoms with Crippen molar-refractivity contribution in [3.8, 4) is 5.75 Å². The average Bonchev–Trinajstić information content (AvgIpc) is 1.96. The van der Waals surface area contributed by atoms with Crippen molar-refractivity contribution >= 4 is 34.2 Å². The molecule has 0 saturated carbocycles. The van der Waals surface area contributed by atoms with Crippen molar-refractivity contribution in [2.75, 3.05) is 0 Å². The van der Waals surface area contributed by atoms with Gasteiger partial charge in [-0.15, -0.1) is 0 Å². The fourth-order valence-corrected chi connectivity index (χ4v) is 2.00. The minimum absolute atomic E-state index is 0.217. The molecule has 0 aliphatic heterocycles. The second-order valence-electron chi connectivity index (χ2n) is 2.25. The lowest BCUT2D eigenvalue weighted by atomic mass is 10.1. The second-order valence-corrected chi connectivity index (χ2v) is 3.90. The summed E-state index contributed by atoms with van der Waals surface area (Å²) in [6.07, 6.45) is 0.808. The molecule has 0 unspecified atom stereocenters. The summed E-state index contributed by atoms with van der Waals surface area (Å²) in [6, 6.07) is 3.68. The molecule has 0 aliphatic carbocycles. The van der Waals surface area contributed by atoms with Gasteiger partial charge in [0.05, 0.1) is 5.02 Å². The number of rotatable bonds is 1. The SMILES string of the molecule is CCc1cc(I)cc(Cl)c1O. The first-order valence-corrected chi connectivity index (χ1v) is 4.77. The molecule has 0 amide bonds. The molecule has 0 radical (unpaired) electrons. The Morgan fingerprint density at radius 2 is 2.18 bits per heavy atom. The van der Waals surface area contributed by atoms with Crippen molar-refractivity contribution in [3.63, 3.8) is 0 Å². The maximum Gasteiger partial charge on any atom is 0.137 e. The zero-order chi connectivity index (χ0) is 8.43. The molecule has 1 nitrogen and oxygen atoms in total. The van der Waals surface area contributed by atoms with Crippen LogP contribution in [-0.2, 0) is 6.42 Å². The Labute approximate surface area is 84.5 Å². The van der Waals surface area contributed by atoms with Crippen LogP contribution < -0.4 is 0 Å². The second kappa shape index (κ2) is 3.63. The summed E-state index contributed by atoms with van der Waals surface area (Å²) < 4.78 is 1.06. The first kappa shape index (κ1) is 9.13. The number of hydrogen-bond acceptors (Lipinski definition) is 1. The molecule has 0 aliphatic rings.